The molecule has 1 unspecified atom stereocenters. The highest BCUT2D eigenvalue weighted by Crippen LogP contribution is 2.22. The first-order chi connectivity index (χ1) is 8.28. The molecule has 1 saturated heterocycles. The van der Waals surface area contributed by atoms with Gasteiger partial charge in [0.25, 0.3) is 0 Å². The Morgan fingerprint density at radius 3 is 2.94 bits per heavy atom. The molecular formula is C15H22BrN. The highest BCUT2D eigenvalue weighted by molar-refractivity contribution is 9.10. The lowest BCUT2D eigenvalue weighted by atomic mass is 9.98. The van der Waals surface area contributed by atoms with Crippen molar-refractivity contribution >= 4 is 15.9 Å². The zero-order valence-electron chi connectivity index (χ0n) is 10.7. The number of likely N-dealkylation sites (tertiary alicyclic amines) is 1. The molecule has 0 spiro atoms. The van der Waals surface area contributed by atoms with E-state index in [4.69, 9.17) is 0 Å². The molecule has 94 valence electrons. The molecule has 1 fully saturated rings. The van der Waals surface area contributed by atoms with Crippen molar-refractivity contribution < 1.29 is 0 Å². The highest BCUT2D eigenvalue weighted by Gasteiger charge is 2.15. The molecule has 0 aromatic heterocycles. The van der Waals surface area contributed by atoms with Gasteiger partial charge < -0.3 is 0 Å². The molecule has 2 rings (SSSR count). The van der Waals surface area contributed by atoms with Gasteiger partial charge >= 0.3 is 0 Å². The van der Waals surface area contributed by atoms with Crippen molar-refractivity contribution in [3.63, 3.8) is 0 Å². The van der Waals surface area contributed by atoms with Crippen LogP contribution in [-0.4, -0.2) is 18.0 Å². The Hall–Kier alpha value is -0.340. The molecule has 0 aliphatic carbocycles. The first kappa shape index (κ1) is 13.1. The summed E-state index contributed by atoms with van der Waals surface area (Å²) in [6, 6.07) is 8.69. The number of hydrogen-bond donors (Lipinski definition) is 0. The predicted molar refractivity (Wildman–Crippen MR) is 77.1 cm³/mol. The van der Waals surface area contributed by atoms with Gasteiger partial charge in [-0.15, -0.1) is 0 Å². The van der Waals surface area contributed by atoms with Crippen molar-refractivity contribution in [3.05, 3.63) is 34.3 Å². The second kappa shape index (κ2) is 6.55. The molecule has 0 radical (unpaired) electrons. The van der Waals surface area contributed by atoms with E-state index in [0.717, 1.165) is 12.5 Å². The normalized spacial score (nSPS) is 22.4. The van der Waals surface area contributed by atoms with Crippen LogP contribution in [0.15, 0.2) is 28.7 Å². The van der Waals surface area contributed by atoms with Crippen LogP contribution < -0.4 is 0 Å². The molecular weight excluding hydrogens is 274 g/mol. The Kier molecular flexibility index (Phi) is 5.05. The molecule has 17 heavy (non-hydrogen) atoms. The van der Waals surface area contributed by atoms with Crippen LogP contribution in [0.3, 0.4) is 0 Å². The van der Waals surface area contributed by atoms with Crippen LogP contribution in [0.2, 0.25) is 0 Å². The van der Waals surface area contributed by atoms with Gasteiger partial charge in [0.1, 0.15) is 0 Å². The second-order valence-electron chi connectivity index (χ2n) is 5.11. The quantitative estimate of drug-likeness (QED) is 0.796. The maximum absolute atomic E-state index is 3.54. The second-order valence-corrected chi connectivity index (χ2v) is 6.03. The van der Waals surface area contributed by atoms with Crippen LogP contribution in [-0.2, 0) is 6.54 Å². The van der Waals surface area contributed by atoms with Gasteiger partial charge in [-0.25, -0.2) is 0 Å². The lowest BCUT2D eigenvalue weighted by Crippen LogP contribution is -2.24. The minimum Gasteiger partial charge on any atom is -0.299 e. The molecule has 1 nitrogen and oxygen atoms in total. The van der Waals surface area contributed by atoms with Crippen LogP contribution in [0.5, 0.6) is 0 Å². The first-order valence-corrected chi connectivity index (χ1v) is 7.54. The molecule has 1 aromatic rings. The molecule has 1 aromatic carbocycles. The van der Waals surface area contributed by atoms with Gasteiger partial charge in [-0.05, 0) is 56.0 Å². The number of halogens is 1. The van der Waals surface area contributed by atoms with E-state index in [2.05, 4.69) is 52.0 Å². The monoisotopic (exact) mass is 295 g/mol. The number of benzene rings is 1. The van der Waals surface area contributed by atoms with Crippen molar-refractivity contribution in [1.29, 1.82) is 0 Å². The highest BCUT2D eigenvalue weighted by atomic mass is 79.9. The van der Waals surface area contributed by atoms with Crippen LogP contribution in [0.4, 0.5) is 0 Å². The van der Waals surface area contributed by atoms with Crippen LogP contribution in [0, 0.1) is 5.92 Å². The van der Waals surface area contributed by atoms with Crippen molar-refractivity contribution in [2.45, 2.75) is 39.2 Å². The maximum Gasteiger partial charge on any atom is 0.0234 e. The van der Waals surface area contributed by atoms with Crippen molar-refractivity contribution in [1.82, 2.24) is 4.90 Å². The summed E-state index contributed by atoms with van der Waals surface area (Å²) < 4.78 is 1.19. The largest absolute Gasteiger partial charge is 0.299 e. The molecule has 1 aliphatic heterocycles. The van der Waals surface area contributed by atoms with Gasteiger partial charge in [-0.3, -0.25) is 4.90 Å². The molecule has 0 bridgehead atoms. The summed E-state index contributed by atoms with van der Waals surface area (Å²) >= 11 is 3.54. The molecule has 2 heteroatoms. The summed E-state index contributed by atoms with van der Waals surface area (Å²) in [5, 5.41) is 0. The molecule has 1 atom stereocenters. The SMILES string of the molecule is CCC1CCCN(Cc2cccc(Br)c2)CC1. The minimum absolute atomic E-state index is 0.961. The van der Waals surface area contributed by atoms with E-state index in [9.17, 15) is 0 Å². The molecule has 1 aliphatic rings. The van der Waals surface area contributed by atoms with Crippen molar-refractivity contribution in [2.24, 2.45) is 5.92 Å². The summed E-state index contributed by atoms with van der Waals surface area (Å²) in [6.07, 6.45) is 5.52. The first-order valence-electron chi connectivity index (χ1n) is 6.74. The summed E-state index contributed by atoms with van der Waals surface area (Å²) in [4.78, 5) is 2.61. The van der Waals surface area contributed by atoms with Crippen molar-refractivity contribution in [3.8, 4) is 0 Å². The Morgan fingerprint density at radius 2 is 2.18 bits per heavy atom. The standard InChI is InChI=1S/C15H22BrN/c1-2-13-6-4-9-17(10-8-13)12-14-5-3-7-15(16)11-14/h3,5,7,11,13H,2,4,6,8-10,12H2,1H3. The fourth-order valence-electron chi connectivity index (χ4n) is 2.68. The van der Waals surface area contributed by atoms with Gasteiger partial charge in [-0.1, -0.05) is 41.4 Å². The lowest BCUT2D eigenvalue weighted by Gasteiger charge is -2.20. The Balaban J connectivity index is 1.90. The maximum atomic E-state index is 3.54. The Bertz CT molecular complexity index is 351. The van der Waals surface area contributed by atoms with Gasteiger partial charge in [0.2, 0.25) is 0 Å². The molecule has 0 N–H and O–H groups in total. The van der Waals surface area contributed by atoms with Crippen molar-refractivity contribution in [2.75, 3.05) is 13.1 Å². The summed E-state index contributed by atoms with van der Waals surface area (Å²) in [7, 11) is 0. The number of rotatable bonds is 3. The van der Waals surface area contributed by atoms with E-state index in [0.29, 0.717) is 0 Å². The fourth-order valence-corrected chi connectivity index (χ4v) is 3.13. The number of hydrogen-bond acceptors (Lipinski definition) is 1. The third-order valence-electron chi connectivity index (χ3n) is 3.81. The summed E-state index contributed by atoms with van der Waals surface area (Å²) in [5.41, 5.74) is 1.43. The van der Waals surface area contributed by atoms with E-state index in [-0.39, 0.29) is 0 Å². The average Bonchev–Trinajstić information content (AvgIpc) is 2.54. The van der Waals surface area contributed by atoms with E-state index in [1.165, 1.54) is 48.8 Å². The number of nitrogens with zero attached hydrogens (tertiary/aromatic N) is 1. The third-order valence-corrected chi connectivity index (χ3v) is 4.31. The van der Waals surface area contributed by atoms with Crippen LogP contribution >= 0.6 is 15.9 Å². The van der Waals surface area contributed by atoms with E-state index in [1.54, 1.807) is 0 Å². The van der Waals surface area contributed by atoms with Gasteiger partial charge in [0.05, 0.1) is 0 Å². The smallest absolute Gasteiger partial charge is 0.0234 e. The zero-order chi connectivity index (χ0) is 12.1. The van der Waals surface area contributed by atoms with Gasteiger partial charge in [0.15, 0.2) is 0 Å². The Labute approximate surface area is 113 Å². The third kappa shape index (κ3) is 4.11. The minimum atomic E-state index is 0.961. The topological polar surface area (TPSA) is 3.24 Å². The molecule has 0 saturated carbocycles. The average molecular weight is 296 g/mol. The lowest BCUT2D eigenvalue weighted by molar-refractivity contribution is 0.272. The van der Waals surface area contributed by atoms with Crippen LogP contribution in [0.1, 0.15) is 38.2 Å². The van der Waals surface area contributed by atoms with Crippen LogP contribution in [0.25, 0.3) is 0 Å². The summed E-state index contributed by atoms with van der Waals surface area (Å²) in [6.45, 7) is 5.97. The van der Waals surface area contributed by atoms with E-state index >= 15 is 0 Å². The van der Waals surface area contributed by atoms with Gasteiger partial charge in [0, 0.05) is 11.0 Å². The Morgan fingerprint density at radius 1 is 1.29 bits per heavy atom. The summed E-state index contributed by atoms with van der Waals surface area (Å²) in [5.74, 6) is 0.961. The van der Waals surface area contributed by atoms with E-state index in [1.807, 2.05) is 0 Å². The molecule has 0 amide bonds. The molecule has 1 heterocycles. The predicted octanol–water partition coefficient (Wildman–Crippen LogP) is 4.46. The zero-order valence-corrected chi connectivity index (χ0v) is 12.2. The van der Waals surface area contributed by atoms with E-state index < -0.39 is 0 Å². The van der Waals surface area contributed by atoms with Gasteiger partial charge in [-0.2, -0.15) is 0 Å². The fraction of sp³-hybridized carbons (Fsp3) is 0.600.